The molecule has 0 amide bonds. The number of halogens is 2. The Morgan fingerprint density at radius 2 is 2.00 bits per heavy atom. The first-order valence-electron chi connectivity index (χ1n) is 5.35. The number of anilines is 1. The van der Waals surface area contributed by atoms with E-state index in [0.717, 1.165) is 21.2 Å². The van der Waals surface area contributed by atoms with Crippen LogP contribution in [0, 0.1) is 0 Å². The third kappa shape index (κ3) is 3.18. The summed E-state index contributed by atoms with van der Waals surface area (Å²) in [7, 11) is 3.98. The molecule has 98 valence electrons. The summed E-state index contributed by atoms with van der Waals surface area (Å²) in [6.07, 6.45) is 0. The Labute approximate surface area is 123 Å². The zero-order valence-corrected chi connectivity index (χ0v) is 12.6. The van der Waals surface area contributed by atoms with Crippen LogP contribution in [0.5, 0.6) is 0 Å². The highest BCUT2D eigenvalue weighted by Gasteiger charge is 2.13. The molecule has 1 aromatic heterocycles. The molecule has 0 spiro atoms. The van der Waals surface area contributed by atoms with Crippen LogP contribution in [0.3, 0.4) is 0 Å². The second-order valence-corrected chi connectivity index (χ2v) is 5.48. The molecule has 0 saturated heterocycles. The summed E-state index contributed by atoms with van der Waals surface area (Å²) < 4.78 is 0. The van der Waals surface area contributed by atoms with Crippen molar-refractivity contribution >= 4 is 41.0 Å². The molecule has 0 aliphatic heterocycles. The normalized spacial score (nSPS) is 11.8. The van der Waals surface area contributed by atoms with Gasteiger partial charge in [0, 0.05) is 29.7 Å². The van der Waals surface area contributed by atoms with Gasteiger partial charge in [0.15, 0.2) is 0 Å². The van der Waals surface area contributed by atoms with Crippen molar-refractivity contribution in [1.29, 1.82) is 0 Å². The minimum absolute atomic E-state index is 0. The lowest BCUT2D eigenvalue weighted by molar-refractivity contribution is 0.893. The molecule has 0 fully saturated rings. The van der Waals surface area contributed by atoms with Gasteiger partial charge in [-0.1, -0.05) is 23.7 Å². The molecule has 0 radical (unpaired) electrons. The molecule has 0 saturated carbocycles. The predicted molar refractivity (Wildman–Crippen MR) is 83.4 cm³/mol. The molecular weight excluding hydrogens is 287 g/mol. The summed E-state index contributed by atoms with van der Waals surface area (Å²) in [4.78, 5) is 3.15. The van der Waals surface area contributed by atoms with E-state index in [0.29, 0.717) is 0 Å². The summed E-state index contributed by atoms with van der Waals surface area (Å²) in [5.41, 5.74) is 8.25. The van der Waals surface area contributed by atoms with Crippen LogP contribution in [0.25, 0.3) is 0 Å². The second kappa shape index (κ2) is 6.43. The van der Waals surface area contributed by atoms with E-state index in [9.17, 15) is 0 Å². The fourth-order valence-corrected chi connectivity index (χ4v) is 2.71. The number of nitrogens with zero attached hydrogens (tertiary/aromatic N) is 1. The van der Waals surface area contributed by atoms with Gasteiger partial charge in [0.05, 0.1) is 6.04 Å². The fourth-order valence-electron chi connectivity index (χ4n) is 1.67. The van der Waals surface area contributed by atoms with Crippen LogP contribution < -0.4 is 10.6 Å². The zero-order valence-electron chi connectivity index (χ0n) is 10.3. The van der Waals surface area contributed by atoms with Gasteiger partial charge >= 0.3 is 0 Å². The van der Waals surface area contributed by atoms with Gasteiger partial charge in [0.1, 0.15) is 0 Å². The Morgan fingerprint density at radius 3 is 2.50 bits per heavy atom. The van der Waals surface area contributed by atoms with Crippen molar-refractivity contribution in [2.45, 2.75) is 6.04 Å². The van der Waals surface area contributed by atoms with Crippen LogP contribution in [0.4, 0.5) is 5.69 Å². The first-order chi connectivity index (χ1) is 8.09. The third-order valence-corrected chi connectivity index (χ3v) is 3.97. The van der Waals surface area contributed by atoms with Gasteiger partial charge in [-0.2, -0.15) is 0 Å². The van der Waals surface area contributed by atoms with Crippen molar-refractivity contribution in [2.24, 2.45) is 5.73 Å². The van der Waals surface area contributed by atoms with Crippen LogP contribution in [0.15, 0.2) is 35.7 Å². The summed E-state index contributed by atoms with van der Waals surface area (Å²) in [5.74, 6) is 0. The molecule has 2 nitrogen and oxygen atoms in total. The molecule has 0 unspecified atom stereocenters. The first-order valence-corrected chi connectivity index (χ1v) is 6.61. The molecule has 0 aliphatic rings. The standard InChI is InChI=1S/C13H15ClN2S.ClH/c1-16(2)9-5-6-10(11(14)8-9)13(15)12-4-3-7-17-12;/h3-8,13H,15H2,1-2H3;1H/t13-;/m1./s1. The Balaban J connectivity index is 0.00000162. The van der Waals surface area contributed by atoms with Gasteiger partial charge in [0.25, 0.3) is 0 Å². The number of thiophene rings is 1. The van der Waals surface area contributed by atoms with E-state index in [2.05, 4.69) is 0 Å². The van der Waals surface area contributed by atoms with E-state index >= 15 is 0 Å². The summed E-state index contributed by atoms with van der Waals surface area (Å²) in [6.45, 7) is 0. The van der Waals surface area contributed by atoms with Crippen molar-refractivity contribution < 1.29 is 0 Å². The molecule has 18 heavy (non-hydrogen) atoms. The number of hydrogen-bond acceptors (Lipinski definition) is 3. The number of rotatable bonds is 3. The van der Waals surface area contributed by atoms with Crippen LogP contribution in [-0.2, 0) is 0 Å². The van der Waals surface area contributed by atoms with E-state index in [-0.39, 0.29) is 18.4 Å². The van der Waals surface area contributed by atoms with Crippen LogP contribution in [0.1, 0.15) is 16.5 Å². The third-order valence-electron chi connectivity index (χ3n) is 2.69. The van der Waals surface area contributed by atoms with E-state index in [1.807, 2.05) is 54.7 Å². The van der Waals surface area contributed by atoms with Crippen molar-refractivity contribution in [3.05, 3.63) is 51.2 Å². The van der Waals surface area contributed by atoms with Gasteiger partial charge in [-0.05, 0) is 29.1 Å². The molecule has 2 aromatic rings. The lowest BCUT2D eigenvalue weighted by Crippen LogP contribution is -2.12. The Kier molecular flexibility index (Phi) is 5.47. The molecular formula is C13H16Cl2N2S. The quantitative estimate of drug-likeness (QED) is 0.930. The highest BCUT2D eigenvalue weighted by molar-refractivity contribution is 7.10. The monoisotopic (exact) mass is 302 g/mol. The largest absolute Gasteiger partial charge is 0.378 e. The highest BCUT2D eigenvalue weighted by atomic mass is 35.5. The summed E-state index contributed by atoms with van der Waals surface area (Å²) in [5, 5.41) is 2.74. The molecule has 2 rings (SSSR count). The molecule has 1 heterocycles. The SMILES string of the molecule is CN(C)c1ccc([C@@H](N)c2cccs2)c(Cl)c1.Cl. The first kappa shape index (κ1) is 15.3. The fraction of sp³-hybridized carbons (Fsp3) is 0.231. The number of nitrogens with two attached hydrogens (primary N) is 1. The van der Waals surface area contributed by atoms with Crippen molar-refractivity contribution in [1.82, 2.24) is 0 Å². The van der Waals surface area contributed by atoms with Crippen LogP contribution in [-0.4, -0.2) is 14.1 Å². The zero-order chi connectivity index (χ0) is 12.4. The van der Waals surface area contributed by atoms with Crippen molar-refractivity contribution in [3.8, 4) is 0 Å². The molecule has 2 N–H and O–H groups in total. The number of hydrogen-bond donors (Lipinski definition) is 1. The minimum atomic E-state index is -0.140. The van der Waals surface area contributed by atoms with Gasteiger partial charge in [-0.15, -0.1) is 23.7 Å². The van der Waals surface area contributed by atoms with Gasteiger partial charge in [0.2, 0.25) is 0 Å². The Bertz CT molecular complexity index is 498. The molecule has 1 atom stereocenters. The van der Waals surface area contributed by atoms with E-state index in [4.69, 9.17) is 17.3 Å². The van der Waals surface area contributed by atoms with Crippen molar-refractivity contribution in [3.63, 3.8) is 0 Å². The maximum atomic E-state index is 6.28. The summed E-state index contributed by atoms with van der Waals surface area (Å²) in [6, 6.07) is 9.88. The average molecular weight is 303 g/mol. The van der Waals surface area contributed by atoms with E-state index in [1.54, 1.807) is 11.3 Å². The Hall–Kier alpha value is -0.740. The smallest absolute Gasteiger partial charge is 0.0660 e. The van der Waals surface area contributed by atoms with E-state index < -0.39 is 0 Å². The molecule has 5 heteroatoms. The average Bonchev–Trinajstić information content (AvgIpc) is 2.81. The maximum Gasteiger partial charge on any atom is 0.0660 e. The van der Waals surface area contributed by atoms with E-state index in [1.165, 1.54) is 0 Å². The molecule has 0 bridgehead atoms. The van der Waals surface area contributed by atoms with Gasteiger partial charge in [-0.25, -0.2) is 0 Å². The number of benzene rings is 1. The highest BCUT2D eigenvalue weighted by Crippen LogP contribution is 2.31. The van der Waals surface area contributed by atoms with Crippen LogP contribution in [0.2, 0.25) is 5.02 Å². The molecule has 1 aromatic carbocycles. The second-order valence-electron chi connectivity index (χ2n) is 4.09. The van der Waals surface area contributed by atoms with Crippen LogP contribution >= 0.6 is 35.3 Å². The minimum Gasteiger partial charge on any atom is -0.378 e. The lowest BCUT2D eigenvalue weighted by Gasteiger charge is -2.17. The Morgan fingerprint density at radius 1 is 1.28 bits per heavy atom. The van der Waals surface area contributed by atoms with Crippen molar-refractivity contribution in [2.75, 3.05) is 19.0 Å². The molecule has 0 aliphatic carbocycles. The topological polar surface area (TPSA) is 29.3 Å². The van der Waals surface area contributed by atoms with Gasteiger partial charge < -0.3 is 10.6 Å². The maximum absolute atomic E-state index is 6.28. The summed E-state index contributed by atoms with van der Waals surface area (Å²) >= 11 is 7.93. The predicted octanol–water partition coefficient (Wildman–Crippen LogP) is 3.94. The lowest BCUT2D eigenvalue weighted by atomic mass is 10.1. The van der Waals surface area contributed by atoms with Gasteiger partial charge in [-0.3, -0.25) is 0 Å².